The summed E-state index contributed by atoms with van der Waals surface area (Å²) in [5.41, 5.74) is 0.922. The third-order valence-electron chi connectivity index (χ3n) is 6.08. The molecule has 2 aromatic carbocycles. The number of ether oxygens (including phenoxy) is 3. The van der Waals surface area contributed by atoms with E-state index >= 15 is 0 Å². The zero-order chi connectivity index (χ0) is 26.9. The van der Waals surface area contributed by atoms with Crippen LogP contribution in [0.2, 0.25) is 0 Å². The van der Waals surface area contributed by atoms with Gasteiger partial charge in [-0.3, -0.25) is 4.79 Å². The third-order valence-corrected chi connectivity index (χ3v) is 6.08. The minimum absolute atomic E-state index is 0.0262. The maximum atomic E-state index is 12.4. The van der Waals surface area contributed by atoms with E-state index in [1.165, 1.54) is 19.4 Å². The zero-order valence-electron chi connectivity index (χ0n) is 21.0. The standard InChI is InChI=1S/C28H29N3O7/c1-36-28(35)31-14-4-5-20(17-31)18-37-21-9-11-22(12-10-21)38-26-13-8-19(16-29-26)15-25(32)30-24-7-3-2-6-23(24)27(33)34/h2-3,6-13,16,20H,4-5,14-15,17-18H2,1H3,(H,30,32)(H,33,34). The Balaban J connectivity index is 1.25. The van der Waals surface area contributed by atoms with Gasteiger partial charge < -0.3 is 29.5 Å². The van der Waals surface area contributed by atoms with Gasteiger partial charge in [0, 0.05) is 31.3 Å². The molecule has 0 saturated carbocycles. The molecular formula is C28H29N3O7. The summed E-state index contributed by atoms with van der Waals surface area (Å²) >= 11 is 0. The molecule has 1 atom stereocenters. The van der Waals surface area contributed by atoms with Crippen LogP contribution in [0.5, 0.6) is 17.4 Å². The van der Waals surface area contributed by atoms with Crippen LogP contribution in [-0.2, 0) is 16.0 Å². The van der Waals surface area contributed by atoms with Crippen molar-refractivity contribution < 1.29 is 33.7 Å². The number of rotatable bonds is 9. The van der Waals surface area contributed by atoms with Crippen LogP contribution in [0.25, 0.3) is 0 Å². The molecular weight excluding hydrogens is 490 g/mol. The molecule has 2 amide bonds. The number of aromatic carboxylic acids is 1. The van der Waals surface area contributed by atoms with E-state index in [2.05, 4.69) is 10.3 Å². The van der Waals surface area contributed by atoms with Gasteiger partial charge in [-0.2, -0.15) is 0 Å². The van der Waals surface area contributed by atoms with E-state index in [1.54, 1.807) is 47.4 Å². The lowest BCUT2D eigenvalue weighted by molar-refractivity contribution is -0.115. The SMILES string of the molecule is COC(=O)N1CCCC(COc2ccc(Oc3ccc(CC(=O)Nc4ccccc4C(=O)O)cn3)cc2)C1. The fourth-order valence-corrected chi connectivity index (χ4v) is 4.17. The van der Waals surface area contributed by atoms with Gasteiger partial charge in [0.15, 0.2) is 0 Å². The van der Waals surface area contributed by atoms with E-state index in [0.717, 1.165) is 12.8 Å². The van der Waals surface area contributed by atoms with Crippen molar-refractivity contribution in [2.45, 2.75) is 19.3 Å². The van der Waals surface area contributed by atoms with Crippen molar-refractivity contribution in [2.24, 2.45) is 5.92 Å². The molecule has 2 heterocycles. The van der Waals surface area contributed by atoms with Crippen molar-refractivity contribution in [1.29, 1.82) is 0 Å². The number of para-hydroxylation sites is 1. The molecule has 198 valence electrons. The highest BCUT2D eigenvalue weighted by Gasteiger charge is 2.24. The second kappa shape index (κ2) is 12.6. The number of hydrogen-bond donors (Lipinski definition) is 2. The normalized spacial score (nSPS) is 14.9. The van der Waals surface area contributed by atoms with Gasteiger partial charge in [0.05, 0.1) is 31.4 Å². The number of carbonyl (C=O) groups excluding carboxylic acids is 2. The predicted octanol–water partition coefficient (Wildman–Crippen LogP) is 4.61. The first-order chi connectivity index (χ1) is 18.4. The van der Waals surface area contributed by atoms with Gasteiger partial charge in [-0.25, -0.2) is 14.6 Å². The van der Waals surface area contributed by atoms with E-state index in [0.29, 0.717) is 42.6 Å². The highest BCUT2D eigenvalue weighted by atomic mass is 16.5. The van der Waals surface area contributed by atoms with Crippen molar-refractivity contribution >= 4 is 23.7 Å². The van der Waals surface area contributed by atoms with Gasteiger partial charge >= 0.3 is 12.1 Å². The number of carboxylic acid groups (broad SMARTS) is 1. The molecule has 3 aromatic rings. The lowest BCUT2D eigenvalue weighted by Crippen LogP contribution is -2.41. The first kappa shape index (κ1) is 26.5. The number of carbonyl (C=O) groups is 3. The number of likely N-dealkylation sites (tertiary alicyclic amines) is 1. The summed E-state index contributed by atoms with van der Waals surface area (Å²) in [6.45, 7) is 1.83. The molecule has 0 spiro atoms. The van der Waals surface area contributed by atoms with Crippen molar-refractivity contribution in [3.63, 3.8) is 0 Å². The Hall–Kier alpha value is -4.60. The second-order valence-corrected chi connectivity index (χ2v) is 8.89. The molecule has 10 nitrogen and oxygen atoms in total. The Labute approximate surface area is 220 Å². The first-order valence-electron chi connectivity index (χ1n) is 12.2. The van der Waals surface area contributed by atoms with Gasteiger partial charge in [-0.05, 0) is 54.8 Å². The van der Waals surface area contributed by atoms with Crippen LogP contribution in [0.1, 0.15) is 28.8 Å². The van der Waals surface area contributed by atoms with Crippen molar-refractivity contribution in [3.05, 3.63) is 78.0 Å². The lowest BCUT2D eigenvalue weighted by atomic mass is 9.99. The minimum atomic E-state index is -1.11. The van der Waals surface area contributed by atoms with E-state index < -0.39 is 5.97 Å². The largest absolute Gasteiger partial charge is 0.493 e. The minimum Gasteiger partial charge on any atom is -0.493 e. The maximum absolute atomic E-state index is 12.4. The van der Waals surface area contributed by atoms with E-state index in [1.807, 2.05) is 12.1 Å². The number of anilines is 1. The highest BCUT2D eigenvalue weighted by Crippen LogP contribution is 2.24. The highest BCUT2D eigenvalue weighted by molar-refractivity contribution is 6.00. The number of benzene rings is 2. The number of carboxylic acids is 1. The Morgan fingerprint density at radius 3 is 2.53 bits per heavy atom. The molecule has 1 unspecified atom stereocenters. The number of nitrogens with zero attached hydrogens (tertiary/aromatic N) is 2. The molecule has 4 rings (SSSR count). The number of pyridine rings is 1. The van der Waals surface area contributed by atoms with Crippen LogP contribution < -0.4 is 14.8 Å². The van der Waals surface area contributed by atoms with Crippen LogP contribution in [0, 0.1) is 5.92 Å². The number of methoxy groups -OCH3 is 1. The Bertz CT molecular complexity index is 1260. The molecule has 1 aromatic heterocycles. The third kappa shape index (κ3) is 7.22. The molecule has 1 aliphatic rings. The number of nitrogens with one attached hydrogen (secondary N) is 1. The van der Waals surface area contributed by atoms with E-state index in [4.69, 9.17) is 14.2 Å². The fraction of sp³-hybridized carbons (Fsp3) is 0.286. The number of amides is 2. The van der Waals surface area contributed by atoms with Gasteiger partial charge in [0.25, 0.3) is 0 Å². The Kier molecular flexibility index (Phi) is 8.76. The summed E-state index contributed by atoms with van der Waals surface area (Å²) < 4.78 is 16.5. The van der Waals surface area contributed by atoms with E-state index in [9.17, 15) is 19.5 Å². The van der Waals surface area contributed by atoms with Crippen LogP contribution in [0.15, 0.2) is 66.9 Å². The number of hydrogen-bond acceptors (Lipinski definition) is 7. The zero-order valence-corrected chi connectivity index (χ0v) is 21.0. The summed E-state index contributed by atoms with van der Waals surface area (Å²) in [5, 5.41) is 11.9. The molecule has 1 saturated heterocycles. The number of aromatic nitrogens is 1. The molecule has 0 bridgehead atoms. The van der Waals surface area contributed by atoms with Gasteiger partial charge in [-0.15, -0.1) is 0 Å². The van der Waals surface area contributed by atoms with Crippen molar-refractivity contribution in [2.75, 3.05) is 32.1 Å². The average Bonchev–Trinajstić information content (AvgIpc) is 2.93. The van der Waals surface area contributed by atoms with Crippen LogP contribution in [-0.4, -0.2) is 59.8 Å². The summed E-state index contributed by atoms with van der Waals surface area (Å²) in [6, 6.07) is 16.8. The second-order valence-electron chi connectivity index (χ2n) is 8.89. The summed E-state index contributed by atoms with van der Waals surface area (Å²) in [7, 11) is 1.39. The molecule has 2 N–H and O–H groups in total. The summed E-state index contributed by atoms with van der Waals surface area (Å²) in [5.74, 6) is 0.428. The first-order valence-corrected chi connectivity index (χ1v) is 12.2. The molecule has 1 aliphatic heterocycles. The quantitative estimate of drug-likeness (QED) is 0.420. The summed E-state index contributed by atoms with van der Waals surface area (Å²) in [6.07, 6.45) is 3.18. The monoisotopic (exact) mass is 519 g/mol. The Morgan fingerprint density at radius 1 is 1.05 bits per heavy atom. The van der Waals surface area contributed by atoms with Crippen LogP contribution in [0.4, 0.5) is 10.5 Å². The Morgan fingerprint density at radius 2 is 1.82 bits per heavy atom. The smallest absolute Gasteiger partial charge is 0.409 e. The molecule has 10 heteroatoms. The van der Waals surface area contributed by atoms with E-state index in [-0.39, 0.29) is 35.6 Å². The molecule has 0 radical (unpaired) electrons. The van der Waals surface area contributed by atoms with Crippen LogP contribution >= 0.6 is 0 Å². The van der Waals surface area contributed by atoms with Crippen molar-refractivity contribution in [3.8, 4) is 17.4 Å². The molecule has 0 aliphatic carbocycles. The van der Waals surface area contributed by atoms with Crippen molar-refractivity contribution in [1.82, 2.24) is 9.88 Å². The molecule has 1 fully saturated rings. The van der Waals surface area contributed by atoms with Crippen LogP contribution in [0.3, 0.4) is 0 Å². The average molecular weight is 520 g/mol. The predicted molar refractivity (Wildman–Crippen MR) is 139 cm³/mol. The van der Waals surface area contributed by atoms with Gasteiger partial charge in [-0.1, -0.05) is 18.2 Å². The fourth-order valence-electron chi connectivity index (χ4n) is 4.17. The topological polar surface area (TPSA) is 127 Å². The molecule has 38 heavy (non-hydrogen) atoms. The summed E-state index contributed by atoms with van der Waals surface area (Å²) in [4.78, 5) is 41.4. The lowest BCUT2D eigenvalue weighted by Gasteiger charge is -2.31. The van der Waals surface area contributed by atoms with Gasteiger partial charge in [0.1, 0.15) is 11.5 Å². The number of piperidine rings is 1. The van der Waals surface area contributed by atoms with Gasteiger partial charge in [0.2, 0.25) is 11.8 Å². The maximum Gasteiger partial charge on any atom is 0.409 e.